The highest BCUT2D eigenvalue weighted by molar-refractivity contribution is 6.21. The van der Waals surface area contributed by atoms with E-state index in [1.54, 1.807) is 50.4 Å². The number of hydrogen-bond acceptors (Lipinski definition) is 6. The molecule has 0 fully saturated rings. The highest BCUT2D eigenvalue weighted by atomic mass is 16.5. The van der Waals surface area contributed by atoms with E-state index in [2.05, 4.69) is 5.32 Å². The van der Waals surface area contributed by atoms with Gasteiger partial charge in [0, 0.05) is 13.0 Å². The molecule has 0 bridgehead atoms. The number of nitrogens with one attached hydrogen (secondary N) is 1. The topological polar surface area (TPSA) is 102 Å². The summed E-state index contributed by atoms with van der Waals surface area (Å²) in [6.45, 7) is 2.33. The third kappa shape index (κ3) is 6.21. The van der Waals surface area contributed by atoms with Crippen molar-refractivity contribution in [2.45, 2.75) is 45.1 Å². The predicted molar refractivity (Wildman–Crippen MR) is 125 cm³/mol. The van der Waals surface area contributed by atoms with Crippen molar-refractivity contribution in [3.05, 3.63) is 65.2 Å². The number of hydrogen-bond donors (Lipinski definition) is 1. The normalized spacial score (nSPS) is 13.4. The fourth-order valence-corrected chi connectivity index (χ4v) is 3.92. The van der Waals surface area contributed by atoms with E-state index in [-0.39, 0.29) is 43.1 Å². The van der Waals surface area contributed by atoms with Gasteiger partial charge < -0.3 is 14.8 Å². The molecule has 3 rings (SSSR count). The van der Waals surface area contributed by atoms with Crippen molar-refractivity contribution < 1.29 is 28.7 Å². The summed E-state index contributed by atoms with van der Waals surface area (Å²) in [7, 11) is 1.57. The second kappa shape index (κ2) is 12.0. The van der Waals surface area contributed by atoms with Crippen LogP contribution in [-0.4, -0.2) is 48.9 Å². The van der Waals surface area contributed by atoms with Crippen molar-refractivity contribution in [2.75, 3.05) is 20.3 Å². The van der Waals surface area contributed by atoms with Gasteiger partial charge in [-0.25, -0.2) is 0 Å². The highest BCUT2D eigenvalue weighted by Crippen LogP contribution is 2.23. The number of methoxy groups -OCH3 is 1. The molecule has 1 aliphatic rings. The van der Waals surface area contributed by atoms with Crippen molar-refractivity contribution >= 4 is 23.7 Å². The van der Waals surface area contributed by atoms with Crippen LogP contribution in [0.4, 0.5) is 0 Å². The first kappa shape index (κ1) is 25.0. The van der Waals surface area contributed by atoms with Crippen LogP contribution in [0.3, 0.4) is 0 Å². The van der Waals surface area contributed by atoms with Gasteiger partial charge in [-0.05, 0) is 49.6 Å². The molecule has 1 N–H and O–H groups in total. The summed E-state index contributed by atoms with van der Waals surface area (Å²) in [5.74, 6) is -0.405. The van der Waals surface area contributed by atoms with Crippen LogP contribution in [-0.2, 0) is 14.3 Å². The van der Waals surface area contributed by atoms with Crippen molar-refractivity contribution in [1.82, 2.24) is 10.2 Å². The number of carbonyl (C=O) groups is 4. The quantitative estimate of drug-likeness (QED) is 0.291. The number of esters is 1. The molecular weight excluding hydrogens is 436 g/mol. The van der Waals surface area contributed by atoms with E-state index in [4.69, 9.17) is 9.47 Å². The standard InChI is InChI=1S/C26H30N2O6/c1-3-34-24(30)17-22(18-12-14-19(33-2)15-13-18)27-23(29)11-5-4-8-16-28-25(31)20-9-6-7-10-21(20)26(28)32/h6-7,9-10,12-15,22H,3-5,8,11,16-17H2,1-2H3,(H,27,29)/t22-/m1/s1. The van der Waals surface area contributed by atoms with E-state index in [0.29, 0.717) is 42.7 Å². The summed E-state index contributed by atoms with van der Waals surface area (Å²) in [6.07, 6.45) is 2.21. The molecule has 0 aromatic heterocycles. The van der Waals surface area contributed by atoms with Gasteiger partial charge in [0.1, 0.15) is 5.75 Å². The van der Waals surface area contributed by atoms with Crippen LogP contribution in [0.1, 0.15) is 71.3 Å². The Bertz CT molecular complexity index is 999. The number of ether oxygens (including phenoxy) is 2. The number of carbonyl (C=O) groups excluding carboxylic acids is 4. The van der Waals surface area contributed by atoms with Gasteiger partial charge in [-0.1, -0.05) is 30.7 Å². The van der Waals surface area contributed by atoms with Gasteiger partial charge in [-0.2, -0.15) is 0 Å². The van der Waals surface area contributed by atoms with Gasteiger partial charge in [-0.3, -0.25) is 24.1 Å². The molecule has 1 atom stereocenters. The Kier molecular flexibility index (Phi) is 8.79. The lowest BCUT2D eigenvalue weighted by Gasteiger charge is -2.19. The molecular formula is C26H30N2O6. The fraction of sp³-hybridized carbons (Fsp3) is 0.385. The number of rotatable bonds is 12. The third-order valence-corrected chi connectivity index (χ3v) is 5.69. The van der Waals surface area contributed by atoms with Gasteiger partial charge in [0.15, 0.2) is 0 Å². The van der Waals surface area contributed by atoms with Crippen molar-refractivity contribution in [3.8, 4) is 5.75 Å². The first-order valence-electron chi connectivity index (χ1n) is 11.5. The van der Waals surface area contributed by atoms with E-state index >= 15 is 0 Å². The summed E-state index contributed by atoms with van der Waals surface area (Å²) in [5.41, 5.74) is 1.67. The van der Waals surface area contributed by atoms with Gasteiger partial charge in [-0.15, -0.1) is 0 Å². The maximum Gasteiger partial charge on any atom is 0.308 e. The van der Waals surface area contributed by atoms with Crippen molar-refractivity contribution in [3.63, 3.8) is 0 Å². The molecule has 0 saturated heterocycles. The zero-order valence-corrected chi connectivity index (χ0v) is 19.5. The van der Waals surface area contributed by atoms with E-state index in [1.165, 1.54) is 4.90 Å². The third-order valence-electron chi connectivity index (χ3n) is 5.69. The maximum atomic E-state index is 12.6. The Morgan fingerprint density at radius 1 is 0.941 bits per heavy atom. The van der Waals surface area contributed by atoms with Crippen LogP contribution < -0.4 is 10.1 Å². The SMILES string of the molecule is CCOC(=O)C[C@@H](NC(=O)CCCCCN1C(=O)c2ccccc2C1=O)c1ccc(OC)cc1. The average molecular weight is 467 g/mol. The number of imide groups is 1. The van der Waals surface area contributed by atoms with Gasteiger partial charge >= 0.3 is 5.97 Å². The highest BCUT2D eigenvalue weighted by Gasteiger charge is 2.34. The Balaban J connectivity index is 1.46. The summed E-state index contributed by atoms with van der Waals surface area (Å²) in [4.78, 5) is 50.7. The Labute approximate surface area is 199 Å². The molecule has 180 valence electrons. The summed E-state index contributed by atoms with van der Waals surface area (Å²) in [6, 6.07) is 13.5. The summed E-state index contributed by atoms with van der Waals surface area (Å²) in [5, 5.41) is 2.92. The van der Waals surface area contributed by atoms with Crippen LogP contribution >= 0.6 is 0 Å². The maximum absolute atomic E-state index is 12.6. The van der Waals surface area contributed by atoms with Gasteiger partial charge in [0.2, 0.25) is 5.91 Å². The molecule has 2 aromatic carbocycles. The number of unbranched alkanes of at least 4 members (excludes halogenated alkanes) is 2. The fourth-order valence-electron chi connectivity index (χ4n) is 3.92. The van der Waals surface area contributed by atoms with E-state index in [1.807, 2.05) is 12.1 Å². The number of fused-ring (bicyclic) bond motifs is 1. The molecule has 0 spiro atoms. The molecule has 0 unspecified atom stereocenters. The zero-order valence-electron chi connectivity index (χ0n) is 19.5. The van der Waals surface area contributed by atoms with Crippen LogP contribution in [0.2, 0.25) is 0 Å². The smallest absolute Gasteiger partial charge is 0.308 e. The molecule has 34 heavy (non-hydrogen) atoms. The molecule has 0 saturated carbocycles. The first-order chi connectivity index (χ1) is 16.4. The molecule has 0 aliphatic carbocycles. The van der Waals surface area contributed by atoms with Crippen LogP contribution in [0, 0.1) is 0 Å². The van der Waals surface area contributed by atoms with Crippen molar-refractivity contribution in [1.29, 1.82) is 0 Å². The average Bonchev–Trinajstić information content (AvgIpc) is 3.08. The van der Waals surface area contributed by atoms with Crippen LogP contribution in [0.25, 0.3) is 0 Å². The second-order valence-electron chi connectivity index (χ2n) is 8.02. The van der Waals surface area contributed by atoms with Crippen LogP contribution in [0.15, 0.2) is 48.5 Å². The summed E-state index contributed by atoms with van der Waals surface area (Å²) >= 11 is 0. The lowest BCUT2D eigenvalue weighted by atomic mass is 10.0. The molecule has 8 heteroatoms. The molecule has 1 heterocycles. The molecule has 0 radical (unpaired) electrons. The molecule has 8 nitrogen and oxygen atoms in total. The lowest BCUT2D eigenvalue weighted by Crippen LogP contribution is -2.31. The van der Waals surface area contributed by atoms with Crippen molar-refractivity contribution in [2.24, 2.45) is 0 Å². The summed E-state index contributed by atoms with van der Waals surface area (Å²) < 4.78 is 10.2. The van der Waals surface area contributed by atoms with Gasteiger partial charge in [0.25, 0.3) is 11.8 Å². The number of benzene rings is 2. The van der Waals surface area contributed by atoms with E-state index in [9.17, 15) is 19.2 Å². The monoisotopic (exact) mass is 466 g/mol. The van der Waals surface area contributed by atoms with Gasteiger partial charge in [0.05, 0.1) is 37.3 Å². The number of amides is 3. The lowest BCUT2D eigenvalue weighted by molar-refractivity contribution is -0.143. The Morgan fingerprint density at radius 3 is 2.18 bits per heavy atom. The minimum atomic E-state index is -0.504. The predicted octanol–water partition coefficient (Wildman–Crippen LogP) is 3.66. The minimum Gasteiger partial charge on any atom is -0.497 e. The molecule has 3 amide bonds. The largest absolute Gasteiger partial charge is 0.497 e. The van der Waals surface area contributed by atoms with E-state index in [0.717, 1.165) is 5.56 Å². The Hall–Kier alpha value is -3.68. The zero-order chi connectivity index (χ0) is 24.5. The number of nitrogens with zero attached hydrogens (tertiary/aromatic N) is 1. The molecule has 2 aromatic rings. The minimum absolute atomic E-state index is 0.0334. The second-order valence-corrected chi connectivity index (χ2v) is 8.02. The van der Waals surface area contributed by atoms with E-state index < -0.39 is 6.04 Å². The van der Waals surface area contributed by atoms with Crippen LogP contribution in [0.5, 0.6) is 5.75 Å². The first-order valence-corrected chi connectivity index (χ1v) is 11.5. The molecule has 1 aliphatic heterocycles. The Morgan fingerprint density at radius 2 is 1.59 bits per heavy atom.